The van der Waals surface area contributed by atoms with Crippen molar-refractivity contribution in [2.75, 3.05) is 25.0 Å². The summed E-state index contributed by atoms with van der Waals surface area (Å²) in [6, 6.07) is 12.6. The summed E-state index contributed by atoms with van der Waals surface area (Å²) >= 11 is 0. The summed E-state index contributed by atoms with van der Waals surface area (Å²) in [6.45, 7) is 7.39. The number of nitrogens with zero attached hydrogens (tertiary/aromatic N) is 1. The molecule has 2 aromatic carbocycles. The second-order valence-corrected chi connectivity index (χ2v) is 8.12. The largest absolute Gasteiger partial charge is 0.506 e. The van der Waals surface area contributed by atoms with E-state index in [9.17, 15) is 14.7 Å². The minimum Gasteiger partial charge on any atom is -0.506 e. The van der Waals surface area contributed by atoms with Crippen molar-refractivity contribution in [1.82, 2.24) is 4.90 Å². The number of ether oxygens (including phenoxy) is 1. The van der Waals surface area contributed by atoms with E-state index < -0.39 is 0 Å². The third-order valence-electron chi connectivity index (χ3n) is 5.61. The molecule has 1 aliphatic heterocycles. The molecular formula is C24H30N2O4. The lowest BCUT2D eigenvalue weighted by Crippen LogP contribution is -2.43. The van der Waals surface area contributed by atoms with Crippen molar-refractivity contribution in [3.8, 4) is 11.5 Å². The van der Waals surface area contributed by atoms with E-state index >= 15 is 0 Å². The molecule has 1 aliphatic rings. The van der Waals surface area contributed by atoms with Gasteiger partial charge >= 0.3 is 0 Å². The predicted molar refractivity (Wildman–Crippen MR) is 117 cm³/mol. The van der Waals surface area contributed by atoms with Gasteiger partial charge in [0.25, 0.3) is 5.91 Å². The minimum absolute atomic E-state index is 0.00475. The van der Waals surface area contributed by atoms with Crippen molar-refractivity contribution >= 4 is 17.5 Å². The van der Waals surface area contributed by atoms with Crippen LogP contribution in [0.4, 0.5) is 5.69 Å². The zero-order valence-corrected chi connectivity index (χ0v) is 17.9. The highest BCUT2D eigenvalue weighted by molar-refractivity contribution is 5.94. The molecule has 2 amide bonds. The highest BCUT2D eigenvalue weighted by Gasteiger charge is 2.28. The van der Waals surface area contributed by atoms with Gasteiger partial charge in [-0.25, -0.2) is 0 Å². The van der Waals surface area contributed by atoms with Crippen LogP contribution in [0.15, 0.2) is 42.5 Å². The molecule has 0 saturated carbocycles. The molecule has 2 N–H and O–H groups in total. The lowest BCUT2D eigenvalue weighted by molar-refractivity contribution is -0.136. The van der Waals surface area contributed by atoms with Crippen LogP contribution < -0.4 is 10.1 Å². The van der Waals surface area contributed by atoms with Crippen molar-refractivity contribution in [2.45, 2.75) is 39.5 Å². The van der Waals surface area contributed by atoms with Crippen LogP contribution in [-0.2, 0) is 9.59 Å². The number of amides is 2. The van der Waals surface area contributed by atoms with Crippen LogP contribution in [0, 0.1) is 12.8 Å². The summed E-state index contributed by atoms with van der Waals surface area (Å²) in [6.07, 6.45) is 1.18. The predicted octanol–water partition coefficient (Wildman–Crippen LogP) is 4.08. The van der Waals surface area contributed by atoms with E-state index in [1.165, 1.54) is 11.6 Å². The van der Waals surface area contributed by atoms with Gasteiger partial charge in [0.1, 0.15) is 11.5 Å². The number of para-hydroxylation sites is 2. The minimum atomic E-state index is -0.180. The standard InChI is InChI=1S/C24H30N2O4/c1-16(2)20-9-8-19(14-17(20)3)30-15-23(28)26-12-10-18(11-13-26)24(29)25-21-6-4-5-7-22(21)27/h4-9,14,16,18,27H,10-13,15H2,1-3H3,(H,25,29). The molecule has 0 aliphatic carbocycles. The molecule has 6 nitrogen and oxygen atoms in total. The quantitative estimate of drug-likeness (QED) is 0.704. The van der Waals surface area contributed by atoms with Crippen molar-refractivity contribution in [1.29, 1.82) is 0 Å². The van der Waals surface area contributed by atoms with E-state index in [0.29, 0.717) is 43.3 Å². The van der Waals surface area contributed by atoms with Gasteiger partial charge in [0.2, 0.25) is 5.91 Å². The second-order valence-electron chi connectivity index (χ2n) is 8.12. The van der Waals surface area contributed by atoms with Gasteiger partial charge in [-0.1, -0.05) is 32.0 Å². The van der Waals surface area contributed by atoms with Gasteiger partial charge < -0.3 is 20.1 Å². The zero-order chi connectivity index (χ0) is 21.7. The van der Waals surface area contributed by atoms with Crippen molar-refractivity contribution in [3.05, 3.63) is 53.6 Å². The molecule has 0 atom stereocenters. The number of rotatable bonds is 6. The number of anilines is 1. The molecule has 0 aromatic heterocycles. The third kappa shape index (κ3) is 5.32. The Labute approximate surface area is 177 Å². The first-order valence-corrected chi connectivity index (χ1v) is 10.4. The number of hydrogen-bond donors (Lipinski definition) is 2. The molecule has 160 valence electrons. The Morgan fingerprint density at radius 1 is 1.17 bits per heavy atom. The van der Waals surface area contributed by atoms with Crippen LogP contribution in [0.1, 0.15) is 43.7 Å². The number of carbonyl (C=O) groups excluding carboxylic acids is 2. The van der Waals surface area contributed by atoms with Gasteiger partial charge in [-0.2, -0.15) is 0 Å². The molecule has 2 aromatic rings. The first kappa shape index (κ1) is 21.7. The van der Waals surface area contributed by atoms with Gasteiger partial charge in [0, 0.05) is 19.0 Å². The summed E-state index contributed by atoms with van der Waals surface area (Å²) in [7, 11) is 0. The summed E-state index contributed by atoms with van der Waals surface area (Å²) < 4.78 is 5.70. The first-order chi connectivity index (χ1) is 14.3. The average molecular weight is 411 g/mol. The number of likely N-dealkylation sites (tertiary alicyclic amines) is 1. The van der Waals surface area contributed by atoms with Crippen molar-refractivity contribution in [2.24, 2.45) is 5.92 Å². The summed E-state index contributed by atoms with van der Waals surface area (Å²) in [5.41, 5.74) is 2.84. The molecule has 0 unspecified atom stereocenters. The highest BCUT2D eigenvalue weighted by atomic mass is 16.5. The number of hydrogen-bond acceptors (Lipinski definition) is 4. The number of benzene rings is 2. The second kappa shape index (κ2) is 9.65. The Balaban J connectivity index is 1.46. The fourth-order valence-electron chi connectivity index (χ4n) is 3.83. The van der Waals surface area contributed by atoms with Crippen molar-refractivity contribution < 1.29 is 19.4 Å². The Morgan fingerprint density at radius 2 is 1.87 bits per heavy atom. The van der Waals surface area contributed by atoms with Crippen LogP contribution in [0.5, 0.6) is 11.5 Å². The maximum Gasteiger partial charge on any atom is 0.260 e. The molecular weight excluding hydrogens is 380 g/mol. The smallest absolute Gasteiger partial charge is 0.260 e. The summed E-state index contributed by atoms with van der Waals surface area (Å²) in [5.74, 6) is 0.820. The number of aryl methyl sites for hydroxylation is 1. The number of phenolic OH excluding ortho intramolecular Hbond substituents is 1. The van der Waals surface area contributed by atoms with Crippen LogP contribution in [0.2, 0.25) is 0 Å². The SMILES string of the molecule is Cc1cc(OCC(=O)N2CCC(C(=O)Nc3ccccc3O)CC2)ccc1C(C)C. The lowest BCUT2D eigenvalue weighted by atomic mass is 9.95. The molecule has 0 bridgehead atoms. The Kier molecular flexibility index (Phi) is 6.98. The molecule has 1 heterocycles. The number of piperidine rings is 1. The highest BCUT2D eigenvalue weighted by Crippen LogP contribution is 2.26. The average Bonchev–Trinajstić information content (AvgIpc) is 2.73. The molecule has 1 saturated heterocycles. The Morgan fingerprint density at radius 3 is 2.50 bits per heavy atom. The molecule has 30 heavy (non-hydrogen) atoms. The van der Waals surface area contributed by atoms with Gasteiger partial charge in [-0.05, 0) is 61.1 Å². The van der Waals surface area contributed by atoms with E-state index in [1.54, 1.807) is 23.1 Å². The molecule has 3 rings (SSSR count). The van der Waals surface area contributed by atoms with E-state index in [-0.39, 0.29) is 30.1 Å². The maximum atomic E-state index is 12.5. The van der Waals surface area contributed by atoms with Crippen LogP contribution in [0.25, 0.3) is 0 Å². The fourth-order valence-corrected chi connectivity index (χ4v) is 3.83. The van der Waals surface area contributed by atoms with Gasteiger partial charge in [-0.15, -0.1) is 0 Å². The zero-order valence-electron chi connectivity index (χ0n) is 17.9. The van der Waals surface area contributed by atoms with Crippen LogP contribution in [-0.4, -0.2) is 41.5 Å². The topological polar surface area (TPSA) is 78.9 Å². The molecule has 0 spiro atoms. The maximum absolute atomic E-state index is 12.5. The van der Waals surface area contributed by atoms with Gasteiger partial charge in [0.05, 0.1) is 5.69 Å². The first-order valence-electron chi connectivity index (χ1n) is 10.4. The van der Waals surface area contributed by atoms with Gasteiger partial charge in [-0.3, -0.25) is 9.59 Å². The summed E-state index contributed by atoms with van der Waals surface area (Å²) in [5, 5.41) is 12.6. The number of aromatic hydroxyl groups is 1. The molecule has 6 heteroatoms. The number of phenols is 1. The number of nitrogens with one attached hydrogen (secondary N) is 1. The van der Waals surface area contributed by atoms with Gasteiger partial charge in [0.15, 0.2) is 6.61 Å². The third-order valence-corrected chi connectivity index (χ3v) is 5.61. The van der Waals surface area contributed by atoms with Crippen LogP contribution >= 0.6 is 0 Å². The van der Waals surface area contributed by atoms with Crippen LogP contribution in [0.3, 0.4) is 0 Å². The lowest BCUT2D eigenvalue weighted by Gasteiger charge is -2.31. The van der Waals surface area contributed by atoms with E-state index in [4.69, 9.17) is 4.74 Å². The van der Waals surface area contributed by atoms with E-state index in [2.05, 4.69) is 32.2 Å². The summed E-state index contributed by atoms with van der Waals surface area (Å²) in [4.78, 5) is 26.7. The van der Waals surface area contributed by atoms with Crippen molar-refractivity contribution in [3.63, 3.8) is 0 Å². The normalized spacial score (nSPS) is 14.6. The molecule has 1 fully saturated rings. The van der Waals surface area contributed by atoms with E-state index in [0.717, 1.165) is 5.56 Å². The Bertz CT molecular complexity index is 902. The Hall–Kier alpha value is -3.02. The molecule has 0 radical (unpaired) electrons. The fraction of sp³-hybridized carbons (Fsp3) is 0.417. The monoisotopic (exact) mass is 410 g/mol. The van der Waals surface area contributed by atoms with E-state index in [1.807, 2.05) is 12.1 Å². The number of carbonyl (C=O) groups is 2.